The Morgan fingerprint density at radius 3 is 1.88 bits per heavy atom. The van der Waals surface area contributed by atoms with Crippen LogP contribution >= 0.6 is 0 Å². The first-order valence-corrected chi connectivity index (χ1v) is 12.7. The van der Waals surface area contributed by atoms with Crippen LogP contribution in [0.15, 0.2) is 24.3 Å². The van der Waals surface area contributed by atoms with Crippen molar-refractivity contribution in [1.82, 2.24) is 20.9 Å². The molecule has 1 aromatic rings. The zero-order chi connectivity index (χ0) is 30.4. The molecule has 15 heteroatoms. The van der Waals surface area contributed by atoms with E-state index in [2.05, 4.69) is 16.0 Å². The largest absolute Gasteiger partial charge is 1.00 e. The summed E-state index contributed by atoms with van der Waals surface area (Å²) in [5, 5.41) is 15.6. The maximum absolute atomic E-state index is 13.4. The molecule has 0 radical (unpaired) electrons. The molecule has 11 nitrogen and oxygen atoms in total. The van der Waals surface area contributed by atoms with Crippen molar-refractivity contribution in [3.05, 3.63) is 35.4 Å². The Hall–Kier alpha value is -2.97. The average Bonchev–Trinajstić information content (AvgIpc) is 3.37. The quantitative estimate of drug-likeness (QED) is 0.228. The van der Waals surface area contributed by atoms with Crippen LogP contribution in [0, 0.1) is 11.8 Å². The maximum Gasteiger partial charge on any atom is 1.00 e. The monoisotopic (exact) mass is 593 g/mol. The van der Waals surface area contributed by atoms with E-state index in [1.54, 1.807) is 13.8 Å². The smallest absolute Gasteiger partial charge is 0.480 e. The topological polar surface area (TPSA) is 162 Å². The standard InChI is InChI=1S/C26H33F3N4O7.Na/c1-13(2)19(21(36)26(27,28)29)31-24(39)17-6-5-11-33(17)25(40)20(14(3)4)32-23(38)16-9-7-15(8-10-16)22(37)30-12-18(34)35;/h7-10,13-14,17,19-20H,5-6,11-12H2,1-4H3,(H,30,37)(H,31,39)(H,32,38)(H,34,35);/q;+1/t17-,19?,20-;/m0./s1. The third-order valence-corrected chi connectivity index (χ3v) is 6.39. The van der Waals surface area contributed by atoms with Gasteiger partial charge in [-0.05, 0) is 48.9 Å². The van der Waals surface area contributed by atoms with Gasteiger partial charge < -0.3 is 26.0 Å². The number of nitrogens with zero attached hydrogens (tertiary/aromatic N) is 1. The van der Waals surface area contributed by atoms with Crippen LogP contribution in [-0.4, -0.2) is 82.8 Å². The van der Waals surface area contributed by atoms with Gasteiger partial charge in [0, 0.05) is 17.7 Å². The van der Waals surface area contributed by atoms with Crippen LogP contribution in [0.1, 0.15) is 61.3 Å². The summed E-state index contributed by atoms with van der Waals surface area (Å²) in [4.78, 5) is 74.9. The molecule has 0 saturated carbocycles. The molecule has 0 aliphatic carbocycles. The Labute approximate surface area is 257 Å². The molecule has 1 heterocycles. The SMILES string of the molecule is CC(C)C(NC(=O)[C@@H]1CCCN1C(=O)[C@@H](NC(=O)c1ccc(C(=O)NCC(=O)O)cc1)C(C)C)C(=O)C(F)(F)F.[Na+]. The molecule has 220 valence electrons. The number of likely N-dealkylation sites (tertiary alicyclic amines) is 1. The third-order valence-electron chi connectivity index (χ3n) is 6.39. The normalized spacial score (nSPS) is 16.4. The van der Waals surface area contributed by atoms with Gasteiger partial charge in [0.2, 0.25) is 11.8 Å². The fourth-order valence-electron chi connectivity index (χ4n) is 4.21. The van der Waals surface area contributed by atoms with Crippen LogP contribution in [0.25, 0.3) is 0 Å². The molecule has 1 saturated heterocycles. The van der Waals surface area contributed by atoms with Crippen molar-refractivity contribution in [2.75, 3.05) is 13.1 Å². The van der Waals surface area contributed by atoms with Gasteiger partial charge in [0.05, 0.1) is 6.04 Å². The maximum atomic E-state index is 13.4. The fraction of sp³-hybridized carbons (Fsp3) is 0.538. The number of nitrogens with one attached hydrogen (secondary N) is 3. The number of aliphatic carboxylic acids is 1. The summed E-state index contributed by atoms with van der Waals surface area (Å²) in [5.74, 6) is -7.37. The molecule has 1 aromatic carbocycles. The Balaban J connectivity index is 0.00000840. The second-order valence-corrected chi connectivity index (χ2v) is 10.1. The summed E-state index contributed by atoms with van der Waals surface area (Å²) < 4.78 is 39.1. The van der Waals surface area contributed by atoms with Crippen LogP contribution in [0.4, 0.5) is 13.2 Å². The molecule has 0 bridgehead atoms. The van der Waals surface area contributed by atoms with Crippen molar-refractivity contribution in [2.45, 2.75) is 64.8 Å². The Morgan fingerprint density at radius 1 is 0.902 bits per heavy atom. The summed E-state index contributed by atoms with van der Waals surface area (Å²) in [5.41, 5.74) is 0.221. The van der Waals surface area contributed by atoms with Crippen molar-refractivity contribution in [3.63, 3.8) is 0 Å². The van der Waals surface area contributed by atoms with Crippen molar-refractivity contribution in [3.8, 4) is 0 Å². The van der Waals surface area contributed by atoms with Crippen molar-refractivity contribution in [1.29, 1.82) is 0 Å². The summed E-state index contributed by atoms with van der Waals surface area (Å²) in [6.07, 6.45) is -4.57. The summed E-state index contributed by atoms with van der Waals surface area (Å²) in [6.45, 7) is 5.62. The zero-order valence-corrected chi connectivity index (χ0v) is 25.5. The minimum absolute atomic E-state index is 0. The van der Waals surface area contributed by atoms with Gasteiger partial charge >= 0.3 is 41.7 Å². The molecule has 41 heavy (non-hydrogen) atoms. The molecular formula is C26H33F3N4NaO7+. The molecule has 3 atom stereocenters. The number of hydrogen-bond acceptors (Lipinski definition) is 6. The second kappa shape index (κ2) is 15.3. The van der Waals surface area contributed by atoms with Gasteiger partial charge in [0.15, 0.2) is 0 Å². The van der Waals surface area contributed by atoms with Crippen LogP contribution < -0.4 is 45.5 Å². The Kier molecular flexibility index (Phi) is 13.5. The number of amides is 4. The third kappa shape index (κ3) is 9.82. The van der Waals surface area contributed by atoms with Gasteiger partial charge in [-0.2, -0.15) is 13.2 Å². The number of Topliss-reactive ketones (excluding diaryl/α,β-unsaturated/α-hetero) is 1. The zero-order valence-electron chi connectivity index (χ0n) is 23.5. The molecule has 1 aliphatic rings. The fourth-order valence-corrected chi connectivity index (χ4v) is 4.21. The summed E-state index contributed by atoms with van der Waals surface area (Å²) in [6, 6.07) is 1.26. The number of benzene rings is 1. The minimum Gasteiger partial charge on any atom is -0.480 e. The molecule has 1 unspecified atom stereocenters. The molecule has 0 aromatic heterocycles. The van der Waals surface area contributed by atoms with E-state index in [1.165, 1.54) is 43.0 Å². The van der Waals surface area contributed by atoms with E-state index < -0.39 is 78.1 Å². The van der Waals surface area contributed by atoms with Crippen molar-refractivity contribution < 1.29 is 76.6 Å². The first-order chi connectivity index (χ1) is 18.5. The van der Waals surface area contributed by atoms with E-state index in [4.69, 9.17) is 5.11 Å². The van der Waals surface area contributed by atoms with Crippen LogP contribution in [0.5, 0.6) is 0 Å². The van der Waals surface area contributed by atoms with Crippen LogP contribution in [-0.2, 0) is 19.2 Å². The number of ketones is 1. The Morgan fingerprint density at radius 2 is 1.41 bits per heavy atom. The Bertz CT molecular complexity index is 1140. The molecule has 2 rings (SSSR count). The number of carboxylic acids is 1. The van der Waals surface area contributed by atoms with Gasteiger partial charge in [-0.3, -0.25) is 28.8 Å². The summed E-state index contributed by atoms with van der Waals surface area (Å²) >= 11 is 0. The van der Waals surface area contributed by atoms with Gasteiger partial charge in [-0.1, -0.05) is 27.7 Å². The number of rotatable bonds is 11. The van der Waals surface area contributed by atoms with Crippen LogP contribution in [0.3, 0.4) is 0 Å². The second-order valence-electron chi connectivity index (χ2n) is 10.1. The first kappa shape index (κ1) is 36.1. The summed E-state index contributed by atoms with van der Waals surface area (Å²) in [7, 11) is 0. The number of halogens is 3. The van der Waals surface area contributed by atoms with E-state index in [9.17, 15) is 41.9 Å². The molecule has 1 aliphatic heterocycles. The van der Waals surface area contributed by atoms with Gasteiger partial charge in [0.25, 0.3) is 17.6 Å². The first-order valence-electron chi connectivity index (χ1n) is 12.7. The molecule has 4 amide bonds. The number of alkyl halides is 3. The molecular weight excluding hydrogens is 560 g/mol. The number of carboxylic acid groups (broad SMARTS) is 1. The number of hydrogen-bond donors (Lipinski definition) is 4. The number of carbonyl (C=O) groups excluding carboxylic acids is 5. The predicted octanol–water partition coefficient (Wildman–Crippen LogP) is -1.48. The van der Waals surface area contributed by atoms with E-state index in [0.717, 1.165) is 0 Å². The van der Waals surface area contributed by atoms with E-state index in [1.807, 2.05) is 0 Å². The van der Waals surface area contributed by atoms with Crippen LogP contribution in [0.2, 0.25) is 0 Å². The van der Waals surface area contributed by atoms with Gasteiger partial charge in [-0.25, -0.2) is 0 Å². The van der Waals surface area contributed by atoms with Crippen molar-refractivity contribution in [2.24, 2.45) is 11.8 Å². The molecule has 4 N–H and O–H groups in total. The van der Waals surface area contributed by atoms with E-state index in [0.29, 0.717) is 6.42 Å². The number of carbonyl (C=O) groups is 6. The van der Waals surface area contributed by atoms with Gasteiger partial charge in [-0.15, -0.1) is 0 Å². The van der Waals surface area contributed by atoms with E-state index in [-0.39, 0.29) is 53.6 Å². The van der Waals surface area contributed by atoms with Gasteiger partial charge in [0.1, 0.15) is 18.6 Å². The predicted molar refractivity (Wildman–Crippen MR) is 135 cm³/mol. The van der Waals surface area contributed by atoms with Crippen molar-refractivity contribution >= 4 is 35.4 Å². The molecule has 1 fully saturated rings. The minimum atomic E-state index is -5.14. The van der Waals surface area contributed by atoms with E-state index >= 15 is 0 Å². The molecule has 0 spiro atoms. The average molecular weight is 594 g/mol.